The first-order chi connectivity index (χ1) is 11.8. The summed E-state index contributed by atoms with van der Waals surface area (Å²) in [5.74, 6) is -0.252. The van der Waals surface area contributed by atoms with E-state index >= 15 is 0 Å². The molecule has 0 aliphatic carbocycles. The molecule has 132 valence electrons. The fourth-order valence-electron chi connectivity index (χ4n) is 2.11. The Kier molecular flexibility index (Phi) is 6.31. The molecule has 0 fully saturated rings. The first-order valence-electron chi connectivity index (χ1n) is 7.61. The highest BCUT2D eigenvalue weighted by atomic mass is 32.2. The molecule has 0 saturated carbocycles. The molecule has 0 aliphatic rings. The third-order valence-electron chi connectivity index (χ3n) is 3.80. The quantitative estimate of drug-likeness (QED) is 0.803. The summed E-state index contributed by atoms with van der Waals surface area (Å²) in [6.45, 7) is 2.02. The van der Waals surface area contributed by atoms with Crippen molar-refractivity contribution in [1.29, 1.82) is 5.26 Å². The van der Waals surface area contributed by atoms with Gasteiger partial charge in [-0.2, -0.15) is 5.26 Å². The van der Waals surface area contributed by atoms with Crippen LogP contribution in [-0.4, -0.2) is 32.3 Å². The molecule has 1 amide bonds. The van der Waals surface area contributed by atoms with Crippen LogP contribution in [0.4, 0.5) is 0 Å². The number of rotatable bonds is 7. The second-order valence-corrected chi connectivity index (χ2v) is 8.35. The average molecular weight is 377 g/mol. The summed E-state index contributed by atoms with van der Waals surface area (Å²) in [6, 6.07) is 11.3. The van der Waals surface area contributed by atoms with Crippen molar-refractivity contribution in [2.75, 3.05) is 7.05 Å². The van der Waals surface area contributed by atoms with Crippen molar-refractivity contribution in [2.24, 2.45) is 0 Å². The number of amides is 1. The second-order valence-electron chi connectivity index (χ2n) is 5.56. The molecular weight excluding hydrogens is 358 g/mol. The molecule has 1 heterocycles. The van der Waals surface area contributed by atoms with Crippen LogP contribution in [0.25, 0.3) is 0 Å². The van der Waals surface area contributed by atoms with Gasteiger partial charge < -0.3 is 4.90 Å². The Morgan fingerprint density at radius 1 is 1.32 bits per heavy atom. The number of nitriles is 1. The standard InChI is InChI=1S/C17H19N3O3S2/c1-13(9-10-18)20(2)17(21)14-5-7-16(8-6-14)25(22,23)19-12-15-4-3-11-24-15/h3-8,11,13,19H,9,12H2,1-2H3. The molecule has 1 aromatic carbocycles. The number of nitrogens with one attached hydrogen (secondary N) is 1. The lowest BCUT2D eigenvalue weighted by Gasteiger charge is -2.23. The molecule has 1 aromatic heterocycles. The Bertz CT molecular complexity index is 854. The van der Waals surface area contributed by atoms with Crippen molar-refractivity contribution >= 4 is 27.3 Å². The van der Waals surface area contributed by atoms with Crippen molar-refractivity contribution in [3.05, 3.63) is 52.2 Å². The van der Waals surface area contributed by atoms with Crippen LogP contribution in [0.1, 0.15) is 28.6 Å². The molecule has 6 nitrogen and oxygen atoms in total. The van der Waals surface area contributed by atoms with Gasteiger partial charge in [0.25, 0.3) is 5.91 Å². The van der Waals surface area contributed by atoms with Crippen molar-refractivity contribution in [3.8, 4) is 6.07 Å². The number of nitrogens with zero attached hydrogens (tertiary/aromatic N) is 2. The molecular formula is C17H19N3O3S2. The van der Waals surface area contributed by atoms with Crippen LogP contribution < -0.4 is 4.72 Å². The van der Waals surface area contributed by atoms with Crippen LogP contribution in [0.15, 0.2) is 46.7 Å². The predicted octanol–water partition coefficient (Wildman–Crippen LogP) is 2.60. The Hall–Kier alpha value is -2.21. The zero-order chi connectivity index (χ0) is 18.4. The first kappa shape index (κ1) is 19.1. The minimum Gasteiger partial charge on any atom is -0.338 e. The number of sulfonamides is 1. The molecule has 1 N–H and O–H groups in total. The normalized spacial score (nSPS) is 12.4. The minimum absolute atomic E-state index is 0.105. The second kappa shape index (κ2) is 8.25. The third-order valence-corrected chi connectivity index (χ3v) is 6.09. The van der Waals surface area contributed by atoms with E-state index in [0.29, 0.717) is 5.56 Å². The SMILES string of the molecule is CC(CC#N)N(C)C(=O)c1ccc(S(=O)(=O)NCc2cccs2)cc1. The molecule has 2 rings (SSSR count). The van der Waals surface area contributed by atoms with Crippen LogP contribution in [0.3, 0.4) is 0 Å². The van der Waals surface area contributed by atoms with E-state index < -0.39 is 10.0 Å². The van der Waals surface area contributed by atoms with Crippen LogP contribution in [0, 0.1) is 11.3 Å². The van der Waals surface area contributed by atoms with Crippen molar-refractivity contribution in [2.45, 2.75) is 30.8 Å². The minimum atomic E-state index is -3.64. The van der Waals surface area contributed by atoms with E-state index in [0.717, 1.165) is 4.88 Å². The smallest absolute Gasteiger partial charge is 0.253 e. The van der Waals surface area contributed by atoms with E-state index in [1.54, 1.807) is 14.0 Å². The Labute approximate surface area is 151 Å². The van der Waals surface area contributed by atoms with Gasteiger partial charge in [-0.25, -0.2) is 13.1 Å². The zero-order valence-corrected chi connectivity index (χ0v) is 15.6. The van der Waals surface area contributed by atoms with Gasteiger partial charge in [0.05, 0.1) is 17.4 Å². The van der Waals surface area contributed by atoms with Gasteiger partial charge in [0.1, 0.15) is 0 Å². The Balaban J connectivity index is 2.08. The maximum atomic E-state index is 12.4. The van der Waals surface area contributed by atoms with Gasteiger partial charge in [0, 0.05) is 30.1 Å². The summed E-state index contributed by atoms with van der Waals surface area (Å²) in [4.78, 5) is 14.9. The van der Waals surface area contributed by atoms with Gasteiger partial charge in [0.15, 0.2) is 0 Å². The Morgan fingerprint density at radius 2 is 2.00 bits per heavy atom. The monoisotopic (exact) mass is 377 g/mol. The molecule has 1 atom stereocenters. The molecule has 2 aromatic rings. The molecule has 8 heteroatoms. The van der Waals surface area contributed by atoms with Gasteiger partial charge >= 0.3 is 0 Å². The number of benzene rings is 1. The van der Waals surface area contributed by atoms with E-state index in [4.69, 9.17) is 5.26 Å². The van der Waals surface area contributed by atoms with E-state index in [2.05, 4.69) is 4.72 Å². The molecule has 1 unspecified atom stereocenters. The van der Waals surface area contributed by atoms with Crippen molar-refractivity contribution in [1.82, 2.24) is 9.62 Å². The van der Waals surface area contributed by atoms with Crippen molar-refractivity contribution < 1.29 is 13.2 Å². The summed E-state index contributed by atoms with van der Waals surface area (Å²) in [5.41, 5.74) is 0.379. The maximum Gasteiger partial charge on any atom is 0.253 e. The van der Waals surface area contributed by atoms with Crippen molar-refractivity contribution in [3.63, 3.8) is 0 Å². The van der Waals surface area contributed by atoms with Gasteiger partial charge in [-0.05, 0) is 42.6 Å². The van der Waals surface area contributed by atoms with E-state index in [-0.39, 0.29) is 29.8 Å². The van der Waals surface area contributed by atoms with Crippen LogP contribution >= 0.6 is 11.3 Å². The summed E-state index contributed by atoms with van der Waals surface area (Å²) < 4.78 is 27.1. The van der Waals surface area contributed by atoms with E-state index in [1.165, 1.54) is 40.5 Å². The number of carbonyl (C=O) groups is 1. The first-order valence-corrected chi connectivity index (χ1v) is 9.97. The molecule has 25 heavy (non-hydrogen) atoms. The van der Waals surface area contributed by atoms with Crippen LogP contribution in [-0.2, 0) is 16.6 Å². The third kappa shape index (κ3) is 4.89. The highest BCUT2D eigenvalue weighted by molar-refractivity contribution is 7.89. The predicted molar refractivity (Wildman–Crippen MR) is 96.6 cm³/mol. The van der Waals surface area contributed by atoms with Crippen LogP contribution in [0.5, 0.6) is 0 Å². The highest BCUT2D eigenvalue weighted by Gasteiger charge is 2.19. The molecule has 0 aliphatic heterocycles. The molecule has 0 radical (unpaired) electrons. The number of carbonyl (C=O) groups excluding carboxylic acids is 1. The average Bonchev–Trinajstić information content (AvgIpc) is 3.13. The lowest BCUT2D eigenvalue weighted by Crippen LogP contribution is -2.34. The zero-order valence-electron chi connectivity index (χ0n) is 14.0. The molecule has 0 bridgehead atoms. The van der Waals surface area contributed by atoms with Crippen LogP contribution in [0.2, 0.25) is 0 Å². The summed E-state index contributed by atoms with van der Waals surface area (Å²) in [6.07, 6.45) is 0.237. The van der Waals surface area contributed by atoms with Gasteiger partial charge in [-0.15, -0.1) is 11.3 Å². The van der Waals surface area contributed by atoms with E-state index in [9.17, 15) is 13.2 Å². The summed E-state index contributed by atoms with van der Waals surface area (Å²) in [7, 11) is -2.01. The fraction of sp³-hybridized carbons (Fsp3) is 0.294. The lowest BCUT2D eigenvalue weighted by molar-refractivity contribution is 0.0746. The fourth-order valence-corrected chi connectivity index (χ4v) is 3.85. The highest BCUT2D eigenvalue weighted by Crippen LogP contribution is 2.15. The lowest BCUT2D eigenvalue weighted by atomic mass is 10.1. The van der Waals surface area contributed by atoms with E-state index in [1.807, 2.05) is 23.6 Å². The van der Waals surface area contributed by atoms with Gasteiger partial charge in [0.2, 0.25) is 10.0 Å². The largest absolute Gasteiger partial charge is 0.338 e. The van der Waals surface area contributed by atoms with Gasteiger partial charge in [-0.1, -0.05) is 6.07 Å². The Morgan fingerprint density at radius 3 is 2.56 bits per heavy atom. The number of thiophene rings is 1. The van der Waals surface area contributed by atoms with Gasteiger partial charge in [-0.3, -0.25) is 4.79 Å². The number of hydrogen-bond donors (Lipinski definition) is 1. The molecule has 0 spiro atoms. The topological polar surface area (TPSA) is 90.3 Å². The summed E-state index contributed by atoms with van der Waals surface area (Å²) >= 11 is 1.47. The molecule has 0 saturated heterocycles. The summed E-state index contributed by atoms with van der Waals surface area (Å²) in [5, 5.41) is 10.6. The maximum absolute atomic E-state index is 12.4. The number of hydrogen-bond acceptors (Lipinski definition) is 5.